The van der Waals surface area contributed by atoms with E-state index in [1.54, 1.807) is 0 Å². The topological polar surface area (TPSA) is 46.2 Å². The monoisotopic (exact) mass is 333 g/mol. The van der Waals surface area contributed by atoms with Crippen LogP contribution in [0.4, 0.5) is 0 Å². The summed E-state index contributed by atoms with van der Waals surface area (Å²) in [7, 11) is 0. The Morgan fingerprint density at radius 1 is 1.15 bits per heavy atom. The molecule has 0 amide bonds. The number of rotatable bonds is 4. The van der Waals surface area contributed by atoms with Gasteiger partial charge >= 0.3 is 0 Å². The molecule has 2 nitrogen and oxygen atoms in total. The molecule has 2 unspecified atom stereocenters. The van der Waals surface area contributed by atoms with Crippen molar-refractivity contribution >= 4 is 15.9 Å². The Bertz CT molecular complexity index is 577. The molecule has 0 aliphatic carbocycles. The maximum absolute atomic E-state index is 10.7. The molecule has 0 aromatic heterocycles. The quantitative estimate of drug-likeness (QED) is 0.892. The maximum atomic E-state index is 10.7. The van der Waals surface area contributed by atoms with E-state index in [1.807, 2.05) is 43.3 Å². The summed E-state index contributed by atoms with van der Waals surface area (Å²) in [5, 5.41) is 10.7. The number of hydrogen-bond donors (Lipinski definition) is 2. The zero-order valence-electron chi connectivity index (χ0n) is 11.8. The number of benzene rings is 2. The third-order valence-corrected chi connectivity index (χ3v) is 4.09. The molecule has 0 radical (unpaired) electrons. The van der Waals surface area contributed by atoms with Gasteiger partial charge in [0.1, 0.15) is 0 Å². The Morgan fingerprint density at radius 2 is 1.85 bits per heavy atom. The average molecular weight is 334 g/mol. The van der Waals surface area contributed by atoms with E-state index in [1.165, 1.54) is 0 Å². The van der Waals surface area contributed by atoms with Crippen molar-refractivity contribution in [3.8, 4) is 0 Å². The van der Waals surface area contributed by atoms with Gasteiger partial charge in [-0.3, -0.25) is 0 Å². The number of aliphatic hydroxyl groups is 1. The fourth-order valence-corrected chi connectivity index (χ4v) is 3.22. The average Bonchev–Trinajstić information content (AvgIpc) is 2.40. The lowest BCUT2D eigenvalue weighted by atomic mass is 9.86. The summed E-state index contributed by atoms with van der Waals surface area (Å²) in [4.78, 5) is 0. The third kappa shape index (κ3) is 3.29. The highest BCUT2D eigenvalue weighted by atomic mass is 79.9. The standard InChI is InChI=1S/C17H20BrNO/c1-11-7-13(9-14(18)8-11)17(20)16(10-19)15-6-4-3-5-12(15)2/h3-9,16-17,20H,10,19H2,1-2H3. The van der Waals surface area contributed by atoms with Crippen molar-refractivity contribution in [1.29, 1.82) is 0 Å². The van der Waals surface area contributed by atoms with Crippen molar-refractivity contribution < 1.29 is 5.11 Å². The summed E-state index contributed by atoms with van der Waals surface area (Å²) in [6.07, 6.45) is -0.600. The van der Waals surface area contributed by atoms with Gasteiger partial charge < -0.3 is 10.8 Å². The van der Waals surface area contributed by atoms with Crippen molar-refractivity contribution in [2.75, 3.05) is 6.54 Å². The summed E-state index contributed by atoms with van der Waals surface area (Å²) < 4.78 is 0.979. The smallest absolute Gasteiger partial charge is 0.0871 e. The minimum atomic E-state index is -0.600. The molecule has 20 heavy (non-hydrogen) atoms. The van der Waals surface area contributed by atoms with E-state index in [-0.39, 0.29) is 5.92 Å². The SMILES string of the molecule is Cc1cc(Br)cc(C(O)C(CN)c2ccccc2C)c1. The van der Waals surface area contributed by atoms with Crippen LogP contribution in [0.3, 0.4) is 0 Å². The van der Waals surface area contributed by atoms with Crippen LogP contribution in [-0.2, 0) is 0 Å². The summed E-state index contributed by atoms with van der Waals surface area (Å²) in [6, 6.07) is 14.1. The molecule has 0 aliphatic rings. The van der Waals surface area contributed by atoms with Gasteiger partial charge in [0.15, 0.2) is 0 Å². The molecule has 0 spiro atoms. The second-order valence-electron chi connectivity index (χ2n) is 5.21. The molecule has 0 aliphatic heterocycles. The van der Waals surface area contributed by atoms with Crippen LogP contribution in [0, 0.1) is 13.8 Å². The number of halogens is 1. The zero-order valence-corrected chi connectivity index (χ0v) is 13.4. The Labute approximate surface area is 128 Å². The highest BCUT2D eigenvalue weighted by molar-refractivity contribution is 9.10. The van der Waals surface area contributed by atoms with Gasteiger partial charge in [-0.15, -0.1) is 0 Å². The van der Waals surface area contributed by atoms with Crippen LogP contribution in [0.25, 0.3) is 0 Å². The first kappa shape index (κ1) is 15.2. The van der Waals surface area contributed by atoms with E-state index < -0.39 is 6.10 Å². The minimum Gasteiger partial charge on any atom is -0.388 e. The van der Waals surface area contributed by atoms with Gasteiger partial charge in [0.25, 0.3) is 0 Å². The van der Waals surface area contributed by atoms with E-state index in [2.05, 4.69) is 28.9 Å². The molecule has 2 aromatic carbocycles. The van der Waals surface area contributed by atoms with Crippen molar-refractivity contribution in [1.82, 2.24) is 0 Å². The normalized spacial score (nSPS) is 14.1. The second kappa shape index (κ2) is 6.53. The Morgan fingerprint density at radius 3 is 2.45 bits per heavy atom. The summed E-state index contributed by atoms with van der Waals surface area (Å²) in [5.41, 5.74) is 10.2. The lowest BCUT2D eigenvalue weighted by Crippen LogP contribution is -2.21. The van der Waals surface area contributed by atoms with Crippen LogP contribution >= 0.6 is 15.9 Å². The van der Waals surface area contributed by atoms with Crippen LogP contribution in [0.1, 0.15) is 34.3 Å². The van der Waals surface area contributed by atoms with Crippen molar-refractivity contribution in [2.45, 2.75) is 25.9 Å². The molecular formula is C17H20BrNO. The highest BCUT2D eigenvalue weighted by Gasteiger charge is 2.23. The van der Waals surface area contributed by atoms with Crippen molar-refractivity contribution in [3.05, 3.63) is 69.2 Å². The Kier molecular flexibility index (Phi) is 4.97. The predicted molar refractivity (Wildman–Crippen MR) is 86.8 cm³/mol. The third-order valence-electron chi connectivity index (χ3n) is 3.63. The van der Waals surface area contributed by atoms with Crippen molar-refractivity contribution in [3.63, 3.8) is 0 Å². The van der Waals surface area contributed by atoms with E-state index in [0.717, 1.165) is 26.7 Å². The van der Waals surface area contributed by atoms with Gasteiger partial charge in [0.05, 0.1) is 6.10 Å². The predicted octanol–water partition coefficient (Wildman–Crippen LogP) is 3.84. The second-order valence-corrected chi connectivity index (χ2v) is 6.12. The molecule has 0 saturated heterocycles. The lowest BCUT2D eigenvalue weighted by molar-refractivity contribution is 0.147. The molecule has 0 saturated carbocycles. The van der Waals surface area contributed by atoms with Gasteiger partial charge in [-0.1, -0.05) is 46.3 Å². The summed E-state index contributed by atoms with van der Waals surface area (Å²) in [5.74, 6) is -0.0927. The van der Waals surface area contributed by atoms with E-state index in [9.17, 15) is 5.11 Å². The number of aryl methyl sites for hydroxylation is 2. The van der Waals surface area contributed by atoms with Gasteiger partial charge in [0, 0.05) is 16.9 Å². The van der Waals surface area contributed by atoms with Crippen LogP contribution in [0.5, 0.6) is 0 Å². The number of hydrogen-bond acceptors (Lipinski definition) is 2. The molecule has 3 N–H and O–H groups in total. The van der Waals surface area contributed by atoms with Gasteiger partial charge in [0.2, 0.25) is 0 Å². The minimum absolute atomic E-state index is 0.0927. The van der Waals surface area contributed by atoms with E-state index in [4.69, 9.17) is 5.73 Å². The zero-order chi connectivity index (χ0) is 14.7. The van der Waals surface area contributed by atoms with E-state index in [0.29, 0.717) is 6.54 Å². The summed E-state index contributed by atoms with van der Waals surface area (Å²) in [6.45, 7) is 4.49. The first-order valence-electron chi connectivity index (χ1n) is 6.73. The maximum Gasteiger partial charge on any atom is 0.0871 e. The summed E-state index contributed by atoms with van der Waals surface area (Å²) >= 11 is 3.48. The molecular weight excluding hydrogens is 314 g/mol. The van der Waals surface area contributed by atoms with Crippen molar-refractivity contribution in [2.24, 2.45) is 5.73 Å². The van der Waals surface area contributed by atoms with Gasteiger partial charge in [-0.05, 0) is 48.2 Å². The molecule has 3 heteroatoms. The first-order valence-corrected chi connectivity index (χ1v) is 7.53. The lowest BCUT2D eigenvalue weighted by Gasteiger charge is -2.24. The molecule has 0 heterocycles. The fraction of sp³-hybridized carbons (Fsp3) is 0.294. The highest BCUT2D eigenvalue weighted by Crippen LogP contribution is 2.33. The molecule has 106 valence electrons. The molecule has 2 aromatic rings. The van der Waals surface area contributed by atoms with Crippen LogP contribution in [-0.4, -0.2) is 11.7 Å². The largest absolute Gasteiger partial charge is 0.388 e. The number of aliphatic hydroxyl groups excluding tert-OH is 1. The molecule has 0 bridgehead atoms. The molecule has 0 fully saturated rings. The Hall–Kier alpha value is -1.16. The Balaban J connectivity index is 2.39. The van der Waals surface area contributed by atoms with Gasteiger partial charge in [-0.25, -0.2) is 0 Å². The molecule has 2 rings (SSSR count). The van der Waals surface area contributed by atoms with E-state index >= 15 is 0 Å². The molecule has 2 atom stereocenters. The first-order chi connectivity index (χ1) is 9.52. The van der Waals surface area contributed by atoms with Crippen LogP contribution in [0.15, 0.2) is 46.9 Å². The van der Waals surface area contributed by atoms with Crippen LogP contribution < -0.4 is 5.73 Å². The van der Waals surface area contributed by atoms with Gasteiger partial charge in [-0.2, -0.15) is 0 Å². The fourth-order valence-electron chi connectivity index (χ4n) is 2.60. The number of nitrogens with two attached hydrogens (primary N) is 1. The van der Waals surface area contributed by atoms with Crippen LogP contribution in [0.2, 0.25) is 0 Å².